The van der Waals surface area contributed by atoms with E-state index in [0.717, 1.165) is 0 Å². The van der Waals surface area contributed by atoms with Crippen molar-refractivity contribution in [3.05, 3.63) is 47.2 Å². The molecule has 5 nitrogen and oxygen atoms in total. The minimum Gasteiger partial charge on any atom is -0.383 e. The van der Waals surface area contributed by atoms with Gasteiger partial charge in [0.1, 0.15) is 0 Å². The first kappa shape index (κ1) is 13.6. The molecule has 0 aliphatic heterocycles. The van der Waals surface area contributed by atoms with Gasteiger partial charge in [0, 0.05) is 24.0 Å². The zero-order valence-corrected chi connectivity index (χ0v) is 11.2. The molecule has 1 aromatic heterocycles. The summed E-state index contributed by atoms with van der Waals surface area (Å²) in [6, 6.07) is 8.58. The summed E-state index contributed by atoms with van der Waals surface area (Å²) >= 11 is 5.78. The van der Waals surface area contributed by atoms with E-state index in [-0.39, 0.29) is 5.91 Å². The molecule has 0 saturated carbocycles. The summed E-state index contributed by atoms with van der Waals surface area (Å²) in [6.07, 6.45) is 1.75. The van der Waals surface area contributed by atoms with Gasteiger partial charge in [0.15, 0.2) is 5.69 Å². The molecule has 1 heterocycles. The Bertz CT molecular complexity index is 551. The third-order valence-corrected chi connectivity index (χ3v) is 2.75. The minimum atomic E-state index is -0.251. The number of carbonyl (C=O) groups is 1. The van der Waals surface area contributed by atoms with Crippen molar-refractivity contribution in [1.29, 1.82) is 0 Å². The summed E-state index contributed by atoms with van der Waals surface area (Å²) in [4.78, 5) is 11.9. The molecular formula is C13H14ClN3O2. The molecule has 0 fully saturated rings. The highest BCUT2D eigenvalue weighted by atomic mass is 35.5. The van der Waals surface area contributed by atoms with Gasteiger partial charge in [-0.15, -0.1) is 0 Å². The van der Waals surface area contributed by atoms with Crippen LogP contribution in [0.4, 0.5) is 5.69 Å². The van der Waals surface area contributed by atoms with Crippen LogP contribution in [0.25, 0.3) is 0 Å². The second-order valence-electron chi connectivity index (χ2n) is 3.92. The Balaban J connectivity index is 1.99. The molecule has 2 rings (SSSR count). The van der Waals surface area contributed by atoms with Crippen LogP contribution in [0.3, 0.4) is 0 Å². The summed E-state index contributed by atoms with van der Waals surface area (Å²) in [5.41, 5.74) is 1.05. The number of halogens is 1. The largest absolute Gasteiger partial charge is 0.383 e. The monoisotopic (exact) mass is 279 g/mol. The topological polar surface area (TPSA) is 56.1 Å². The van der Waals surface area contributed by atoms with Crippen molar-refractivity contribution < 1.29 is 9.53 Å². The number of ether oxygens (including phenoxy) is 1. The highest BCUT2D eigenvalue weighted by molar-refractivity contribution is 6.30. The van der Waals surface area contributed by atoms with E-state index in [2.05, 4.69) is 10.4 Å². The maximum absolute atomic E-state index is 11.9. The van der Waals surface area contributed by atoms with E-state index in [1.165, 1.54) is 0 Å². The number of hydrogen-bond donors (Lipinski definition) is 1. The molecule has 0 atom stereocenters. The van der Waals surface area contributed by atoms with Crippen LogP contribution in [0.15, 0.2) is 36.5 Å². The number of nitrogens with one attached hydrogen (secondary N) is 1. The maximum atomic E-state index is 11.9. The lowest BCUT2D eigenvalue weighted by Crippen LogP contribution is -2.14. The second-order valence-corrected chi connectivity index (χ2v) is 4.35. The van der Waals surface area contributed by atoms with Crippen LogP contribution in [0, 0.1) is 0 Å². The molecule has 100 valence electrons. The van der Waals surface area contributed by atoms with E-state index < -0.39 is 0 Å². The number of aromatic nitrogens is 2. The highest BCUT2D eigenvalue weighted by Gasteiger charge is 2.09. The first-order chi connectivity index (χ1) is 9.19. The van der Waals surface area contributed by atoms with Crippen molar-refractivity contribution in [3.8, 4) is 0 Å². The molecule has 1 aromatic carbocycles. The van der Waals surface area contributed by atoms with Gasteiger partial charge in [-0.1, -0.05) is 11.6 Å². The van der Waals surface area contributed by atoms with Gasteiger partial charge in [-0.25, -0.2) is 0 Å². The smallest absolute Gasteiger partial charge is 0.276 e. The summed E-state index contributed by atoms with van der Waals surface area (Å²) in [5, 5.41) is 7.54. The molecule has 0 radical (unpaired) electrons. The van der Waals surface area contributed by atoms with Gasteiger partial charge in [0.05, 0.1) is 13.2 Å². The first-order valence-electron chi connectivity index (χ1n) is 5.78. The highest BCUT2D eigenvalue weighted by Crippen LogP contribution is 2.14. The molecular weight excluding hydrogens is 266 g/mol. The Morgan fingerprint density at radius 2 is 2.11 bits per heavy atom. The number of benzene rings is 1. The molecule has 1 N–H and O–H groups in total. The van der Waals surface area contributed by atoms with Gasteiger partial charge >= 0.3 is 0 Å². The van der Waals surface area contributed by atoms with Crippen LogP contribution in [-0.4, -0.2) is 29.4 Å². The van der Waals surface area contributed by atoms with E-state index in [1.807, 2.05) is 0 Å². The van der Waals surface area contributed by atoms with Crippen LogP contribution in [0.2, 0.25) is 5.02 Å². The number of nitrogens with zero attached hydrogens (tertiary/aromatic N) is 2. The molecule has 0 bridgehead atoms. The quantitative estimate of drug-likeness (QED) is 0.914. The van der Waals surface area contributed by atoms with E-state index in [4.69, 9.17) is 16.3 Å². The third kappa shape index (κ3) is 3.81. The standard InChI is InChI=1S/C13H14ClN3O2/c1-19-9-8-17-7-6-12(16-17)13(18)15-11-4-2-10(14)3-5-11/h2-7H,8-9H2,1H3,(H,15,18). The van der Waals surface area contributed by atoms with Crippen molar-refractivity contribution >= 4 is 23.2 Å². The fraction of sp³-hybridized carbons (Fsp3) is 0.231. The van der Waals surface area contributed by atoms with E-state index in [0.29, 0.717) is 29.6 Å². The van der Waals surface area contributed by atoms with Crippen molar-refractivity contribution in [1.82, 2.24) is 9.78 Å². The van der Waals surface area contributed by atoms with E-state index in [9.17, 15) is 4.79 Å². The Morgan fingerprint density at radius 1 is 1.37 bits per heavy atom. The lowest BCUT2D eigenvalue weighted by Gasteiger charge is -2.03. The molecule has 1 amide bonds. The molecule has 19 heavy (non-hydrogen) atoms. The zero-order valence-electron chi connectivity index (χ0n) is 10.5. The summed E-state index contributed by atoms with van der Waals surface area (Å²) in [5.74, 6) is -0.251. The summed E-state index contributed by atoms with van der Waals surface area (Å²) in [7, 11) is 1.62. The predicted octanol–water partition coefficient (Wildman–Crippen LogP) is 2.44. The SMILES string of the molecule is COCCn1ccc(C(=O)Nc2ccc(Cl)cc2)n1. The molecule has 0 aliphatic rings. The Hall–Kier alpha value is -1.85. The molecule has 6 heteroatoms. The fourth-order valence-corrected chi connectivity index (χ4v) is 1.65. The van der Waals surface area contributed by atoms with Gasteiger partial charge in [-0.2, -0.15) is 5.10 Å². The molecule has 2 aromatic rings. The average Bonchev–Trinajstić information content (AvgIpc) is 2.88. The van der Waals surface area contributed by atoms with E-state index in [1.54, 1.807) is 48.3 Å². The van der Waals surface area contributed by atoms with Gasteiger partial charge in [0.25, 0.3) is 5.91 Å². The van der Waals surface area contributed by atoms with Crippen molar-refractivity contribution in [2.24, 2.45) is 0 Å². The van der Waals surface area contributed by atoms with Crippen LogP contribution in [0.1, 0.15) is 10.5 Å². The molecule has 0 saturated heterocycles. The van der Waals surface area contributed by atoms with Gasteiger partial charge in [-0.3, -0.25) is 9.48 Å². The number of amides is 1. The number of hydrogen-bond acceptors (Lipinski definition) is 3. The van der Waals surface area contributed by atoms with Crippen molar-refractivity contribution in [2.75, 3.05) is 19.0 Å². The van der Waals surface area contributed by atoms with Crippen molar-refractivity contribution in [3.63, 3.8) is 0 Å². The Kier molecular flexibility index (Phi) is 4.54. The number of methoxy groups -OCH3 is 1. The molecule has 0 aliphatic carbocycles. The minimum absolute atomic E-state index is 0.251. The third-order valence-electron chi connectivity index (χ3n) is 2.50. The summed E-state index contributed by atoms with van der Waals surface area (Å²) in [6.45, 7) is 1.17. The van der Waals surface area contributed by atoms with Crippen LogP contribution in [0.5, 0.6) is 0 Å². The first-order valence-corrected chi connectivity index (χ1v) is 6.16. The fourth-order valence-electron chi connectivity index (χ4n) is 1.52. The summed E-state index contributed by atoms with van der Waals surface area (Å²) < 4.78 is 6.62. The van der Waals surface area contributed by atoms with Crippen LogP contribution in [-0.2, 0) is 11.3 Å². The van der Waals surface area contributed by atoms with Gasteiger partial charge in [0.2, 0.25) is 0 Å². The second kappa shape index (κ2) is 6.36. The van der Waals surface area contributed by atoms with Gasteiger partial charge < -0.3 is 10.1 Å². The zero-order chi connectivity index (χ0) is 13.7. The van der Waals surface area contributed by atoms with Crippen LogP contribution >= 0.6 is 11.6 Å². The normalized spacial score (nSPS) is 10.4. The molecule has 0 unspecified atom stereocenters. The maximum Gasteiger partial charge on any atom is 0.276 e. The number of carbonyl (C=O) groups excluding carboxylic acids is 1. The lowest BCUT2D eigenvalue weighted by molar-refractivity contribution is 0.102. The number of rotatable bonds is 5. The van der Waals surface area contributed by atoms with E-state index >= 15 is 0 Å². The van der Waals surface area contributed by atoms with Crippen molar-refractivity contribution in [2.45, 2.75) is 6.54 Å². The Labute approximate surface area is 116 Å². The van der Waals surface area contributed by atoms with Gasteiger partial charge in [-0.05, 0) is 30.3 Å². The molecule has 0 spiro atoms. The predicted molar refractivity (Wildman–Crippen MR) is 73.5 cm³/mol. The lowest BCUT2D eigenvalue weighted by atomic mass is 10.3. The number of anilines is 1. The average molecular weight is 280 g/mol. The van der Waals surface area contributed by atoms with Crippen LogP contribution < -0.4 is 5.32 Å². The Morgan fingerprint density at radius 3 is 2.79 bits per heavy atom.